The lowest BCUT2D eigenvalue weighted by Crippen LogP contribution is -2.54. The van der Waals surface area contributed by atoms with E-state index < -0.39 is 17.8 Å². The molecule has 1 aliphatic carbocycles. The molecule has 0 bridgehead atoms. The van der Waals surface area contributed by atoms with Crippen molar-refractivity contribution in [1.29, 1.82) is 0 Å². The monoisotopic (exact) mass is 527 g/mol. The average Bonchev–Trinajstić information content (AvgIpc) is 3.52. The van der Waals surface area contributed by atoms with Gasteiger partial charge in [0.15, 0.2) is 0 Å². The van der Waals surface area contributed by atoms with Gasteiger partial charge in [-0.2, -0.15) is 13.2 Å². The van der Waals surface area contributed by atoms with Crippen LogP contribution >= 0.6 is 0 Å². The number of alkyl halides is 3. The number of nitrogens with one attached hydrogen (secondary N) is 1. The van der Waals surface area contributed by atoms with Crippen LogP contribution in [0.3, 0.4) is 0 Å². The Labute approximate surface area is 219 Å². The summed E-state index contributed by atoms with van der Waals surface area (Å²) in [5.74, 6) is 1.85. The van der Waals surface area contributed by atoms with Gasteiger partial charge in [-0.1, -0.05) is 25.0 Å². The summed E-state index contributed by atoms with van der Waals surface area (Å²) < 4.78 is 48.2. The summed E-state index contributed by atoms with van der Waals surface area (Å²) in [6.45, 7) is 6.25. The highest BCUT2D eigenvalue weighted by Crippen LogP contribution is 2.41. The van der Waals surface area contributed by atoms with E-state index in [4.69, 9.17) is 9.72 Å². The molecular formula is C28H32F3N5O2. The summed E-state index contributed by atoms with van der Waals surface area (Å²) in [7, 11) is 0. The van der Waals surface area contributed by atoms with Gasteiger partial charge in [0.05, 0.1) is 17.6 Å². The van der Waals surface area contributed by atoms with E-state index in [1.165, 1.54) is 12.1 Å². The minimum Gasteiger partial charge on any atom is -0.370 e. The van der Waals surface area contributed by atoms with E-state index in [1.54, 1.807) is 6.07 Å². The third-order valence-electron chi connectivity index (χ3n) is 8.22. The molecular weight excluding hydrogens is 495 g/mol. The fraction of sp³-hybridized carbons (Fsp3) is 0.536. The number of fused-ring (bicyclic) bond motifs is 3. The molecule has 7 nitrogen and oxygen atoms in total. The van der Waals surface area contributed by atoms with Crippen LogP contribution in [0.1, 0.15) is 67.4 Å². The third-order valence-corrected chi connectivity index (χ3v) is 8.22. The molecule has 2 atom stereocenters. The molecule has 3 aromatic rings. The van der Waals surface area contributed by atoms with Crippen LogP contribution in [-0.2, 0) is 22.3 Å². The van der Waals surface area contributed by atoms with Gasteiger partial charge in [-0.05, 0) is 50.5 Å². The van der Waals surface area contributed by atoms with Crippen LogP contribution in [-0.4, -0.2) is 45.0 Å². The van der Waals surface area contributed by atoms with Crippen molar-refractivity contribution >= 4 is 22.8 Å². The van der Waals surface area contributed by atoms with E-state index in [2.05, 4.69) is 14.9 Å². The van der Waals surface area contributed by atoms with Crippen molar-refractivity contribution in [2.24, 2.45) is 11.8 Å². The molecule has 4 heterocycles. The first kappa shape index (κ1) is 25.2. The molecule has 1 N–H and O–H groups in total. The van der Waals surface area contributed by atoms with E-state index in [-0.39, 0.29) is 23.8 Å². The maximum Gasteiger partial charge on any atom is 0.416 e. The molecule has 10 heteroatoms. The first-order valence-electron chi connectivity index (χ1n) is 13.4. The number of carbonyl (C=O) groups excluding carboxylic acids is 1. The number of hydrogen-bond donors (Lipinski definition) is 1. The zero-order valence-electron chi connectivity index (χ0n) is 21.6. The Hall–Kier alpha value is -3.14. The predicted octanol–water partition coefficient (Wildman–Crippen LogP) is 5.65. The number of benzene rings is 1. The van der Waals surface area contributed by atoms with Gasteiger partial charge in [0, 0.05) is 43.2 Å². The van der Waals surface area contributed by atoms with Crippen LogP contribution in [0, 0.1) is 18.8 Å². The number of aryl methyl sites for hydroxylation is 1. The van der Waals surface area contributed by atoms with Gasteiger partial charge in [0.1, 0.15) is 23.4 Å². The Morgan fingerprint density at radius 2 is 1.92 bits per heavy atom. The lowest BCUT2D eigenvalue weighted by molar-refractivity contribution is -0.148. The SMILES string of the molecule is Cc1nc(N[C@H](C)c2cccc(C(F)(F)F)c2)c2cc3n(c2n1)CCOC3C1CN(C(=O)C2CCCC2)C1. The summed E-state index contributed by atoms with van der Waals surface area (Å²) in [5, 5.41) is 4.15. The molecule has 1 saturated carbocycles. The van der Waals surface area contributed by atoms with Gasteiger partial charge in [-0.25, -0.2) is 9.97 Å². The van der Waals surface area contributed by atoms with E-state index in [1.807, 2.05) is 24.8 Å². The molecule has 2 aliphatic heterocycles. The summed E-state index contributed by atoms with van der Waals surface area (Å²) in [4.78, 5) is 24.1. The van der Waals surface area contributed by atoms with Crippen LogP contribution in [0.4, 0.5) is 19.0 Å². The molecule has 0 spiro atoms. The van der Waals surface area contributed by atoms with Gasteiger partial charge in [-0.3, -0.25) is 4.79 Å². The molecule has 202 valence electrons. The van der Waals surface area contributed by atoms with Crippen LogP contribution in [0.5, 0.6) is 0 Å². The smallest absolute Gasteiger partial charge is 0.370 e. The minimum atomic E-state index is -4.40. The minimum absolute atomic E-state index is 0.139. The lowest BCUT2D eigenvalue weighted by atomic mass is 9.89. The summed E-state index contributed by atoms with van der Waals surface area (Å²) >= 11 is 0. The number of likely N-dealkylation sites (tertiary alicyclic amines) is 1. The predicted molar refractivity (Wildman–Crippen MR) is 136 cm³/mol. The van der Waals surface area contributed by atoms with Crippen molar-refractivity contribution in [2.45, 2.75) is 64.4 Å². The molecule has 2 aromatic heterocycles. The van der Waals surface area contributed by atoms with E-state index in [0.717, 1.165) is 48.5 Å². The number of anilines is 1. The maximum absolute atomic E-state index is 13.3. The molecule has 2 fully saturated rings. The Bertz CT molecular complexity index is 1360. The Morgan fingerprint density at radius 1 is 1.16 bits per heavy atom. The zero-order valence-corrected chi connectivity index (χ0v) is 21.6. The second kappa shape index (κ2) is 9.55. The maximum atomic E-state index is 13.3. The van der Waals surface area contributed by atoms with Crippen molar-refractivity contribution in [3.05, 3.63) is 53.0 Å². The quantitative estimate of drug-likeness (QED) is 0.464. The highest BCUT2D eigenvalue weighted by Gasteiger charge is 2.42. The second-order valence-corrected chi connectivity index (χ2v) is 10.8. The number of amides is 1. The topological polar surface area (TPSA) is 72.3 Å². The highest BCUT2D eigenvalue weighted by atomic mass is 19.4. The number of nitrogens with zero attached hydrogens (tertiary/aromatic N) is 4. The fourth-order valence-corrected chi connectivity index (χ4v) is 6.16. The Balaban J connectivity index is 1.25. The Morgan fingerprint density at radius 3 is 2.66 bits per heavy atom. The van der Waals surface area contributed by atoms with Gasteiger partial charge < -0.3 is 19.5 Å². The molecule has 6 rings (SSSR count). The Kier molecular flexibility index (Phi) is 6.32. The van der Waals surface area contributed by atoms with Gasteiger partial charge in [0.25, 0.3) is 0 Å². The van der Waals surface area contributed by atoms with Crippen molar-refractivity contribution in [3.8, 4) is 0 Å². The van der Waals surface area contributed by atoms with Crippen LogP contribution in [0.15, 0.2) is 30.3 Å². The first-order valence-corrected chi connectivity index (χ1v) is 13.4. The number of ether oxygens (including phenoxy) is 1. The molecule has 1 saturated heterocycles. The molecule has 1 unspecified atom stereocenters. The van der Waals surface area contributed by atoms with Crippen molar-refractivity contribution in [1.82, 2.24) is 19.4 Å². The average molecular weight is 528 g/mol. The molecule has 0 radical (unpaired) electrons. The molecule has 1 aromatic carbocycles. The van der Waals surface area contributed by atoms with E-state index in [0.29, 0.717) is 43.4 Å². The van der Waals surface area contributed by atoms with Crippen molar-refractivity contribution in [2.75, 3.05) is 25.0 Å². The number of hydrogen-bond acceptors (Lipinski definition) is 5. The highest BCUT2D eigenvalue weighted by molar-refractivity contribution is 5.89. The molecule has 3 aliphatic rings. The van der Waals surface area contributed by atoms with Gasteiger partial charge in [-0.15, -0.1) is 0 Å². The van der Waals surface area contributed by atoms with Crippen molar-refractivity contribution in [3.63, 3.8) is 0 Å². The standard InChI is InChI=1S/C28H32F3N5O2/c1-16(19-8-5-9-21(12-19)28(29,30)31)32-25-22-13-23-24(38-11-10-36(23)26(22)34-17(2)33-25)20-14-35(15-20)27(37)18-6-3-4-7-18/h5,8-9,12-13,16,18,20,24H,3-4,6-7,10-11,14-15H2,1-2H3,(H,32,33,34)/t16-,24?/m1/s1. The number of rotatable bonds is 5. The first-order chi connectivity index (χ1) is 18.2. The normalized spacial score (nSPS) is 21.4. The van der Waals surface area contributed by atoms with E-state index in [9.17, 15) is 18.0 Å². The lowest BCUT2D eigenvalue weighted by Gasteiger charge is -2.45. The van der Waals surface area contributed by atoms with Gasteiger partial charge in [0.2, 0.25) is 5.91 Å². The second-order valence-electron chi connectivity index (χ2n) is 10.8. The summed E-state index contributed by atoms with van der Waals surface area (Å²) in [6, 6.07) is 7.00. The van der Waals surface area contributed by atoms with Crippen LogP contribution < -0.4 is 5.32 Å². The number of carbonyl (C=O) groups is 1. The van der Waals surface area contributed by atoms with Gasteiger partial charge >= 0.3 is 6.18 Å². The molecule has 38 heavy (non-hydrogen) atoms. The van der Waals surface area contributed by atoms with Crippen LogP contribution in [0.2, 0.25) is 0 Å². The number of halogens is 3. The summed E-state index contributed by atoms with van der Waals surface area (Å²) in [6.07, 6.45) is -0.253. The fourth-order valence-electron chi connectivity index (χ4n) is 6.16. The van der Waals surface area contributed by atoms with Crippen LogP contribution in [0.25, 0.3) is 11.0 Å². The zero-order chi connectivity index (χ0) is 26.6. The largest absolute Gasteiger partial charge is 0.416 e. The van der Waals surface area contributed by atoms with E-state index >= 15 is 0 Å². The number of aromatic nitrogens is 3. The van der Waals surface area contributed by atoms with Crippen molar-refractivity contribution < 1.29 is 22.7 Å². The summed E-state index contributed by atoms with van der Waals surface area (Å²) in [5.41, 5.74) is 1.65. The molecule has 1 amide bonds. The third kappa shape index (κ3) is 4.52.